The Hall–Kier alpha value is -2.54. The highest BCUT2D eigenvalue weighted by atomic mass is 35.5. The van der Waals surface area contributed by atoms with Crippen molar-refractivity contribution in [3.63, 3.8) is 0 Å². The lowest BCUT2D eigenvalue weighted by Crippen LogP contribution is -2.37. The molecule has 7 nitrogen and oxygen atoms in total. The summed E-state index contributed by atoms with van der Waals surface area (Å²) in [6.07, 6.45) is 0. The topological polar surface area (TPSA) is 71.1 Å². The van der Waals surface area contributed by atoms with Crippen LogP contribution in [0.15, 0.2) is 27.8 Å². The van der Waals surface area contributed by atoms with Crippen LogP contribution in [0.1, 0.15) is 5.56 Å². The van der Waals surface area contributed by atoms with E-state index in [9.17, 15) is 9.59 Å². The Morgan fingerprint density at radius 2 is 1.78 bits per heavy atom. The number of aromatic nitrogens is 4. The largest absolute Gasteiger partial charge is 0.425 e. The molecule has 0 saturated carbocycles. The lowest BCUT2D eigenvalue weighted by atomic mass is 10.2. The van der Waals surface area contributed by atoms with Crippen LogP contribution >= 0.6 is 11.6 Å². The third-order valence-corrected chi connectivity index (χ3v) is 4.20. The van der Waals surface area contributed by atoms with Crippen molar-refractivity contribution in [2.45, 2.75) is 6.92 Å². The maximum Gasteiger partial charge on any atom is 0.332 e. The van der Waals surface area contributed by atoms with E-state index in [1.165, 1.54) is 16.2 Å². The number of hydrogen-bond donors (Lipinski definition) is 0. The van der Waals surface area contributed by atoms with Crippen molar-refractivity contribution in [1.82, 2.24) is 18.7 Å². The fourth-order valence-corrected chi connectivity index (χ4v) is 2.49. The Labute approximate surface area is 136 Å². The van der Waals surface area contributed by atoms with Crippen LogP contribution in [0.2, 0.25) is 5.02 Å². The first kappa shape index (κ1) is 15.4. The van der Waals surface area contributed by atoms with Gasteiger partial charge in [-0.3, -0.25) is 18.5 Å². The van der Waals surface area contributed by atoms with Gasteiger partial charge < -0.3 is 4.74 Å². The fraction of sp³-hybridized carbons (Fsp3) is 0.267. The number of nitrogens with zero attached hydrogens (tertiary/aromatic N) is 4. The van der Waals surface area contributed by atoms with Gasteiger partial charge in [0.2, 0.25) is 0 Å². The van der Waals surface area contributed by atoms with Crippen LogP contribution in [0.25, 0.3) is 11.2 Å². The number of ether oxygens (including phenoxy) is 1. The highest BCUT2D eigenvalue weighted by Gasteiger charge is 2.18. The van der Waals surface area contributed by atoms with Crippen LogP contribution in [-0.4, -0.2) is 18.7 Å². The molecule has 0 aliphatic rings. The van der Waals surface area contributed by atoms with Gasteiger partial charge in [-0.2, -0.15) is 4.98 Å². The molecule has 8 heteroatoms. The van der Waals surface area contributed by atoms with Gasteiger partial charge in [0.25, 0.3) is 5.56 Å². The number of fused-ring (bicyclic) bond motifs is 1. The molecule has 0 saturated heterocycles. The molecule has 0 spiro atoms. The molecule has 3 aromatic rings. The van der Waals surface area contributed by atoms with Crippen molar-refractivity contribution >= 4 is 22.8 Å². The van der Waals surface area contributed by atoms with E-state index in [4.69, 9.17) is 16.3 Å². The standard InChI is InChI=1S/C15H15ClN4O3/c1-8-7-9(5-6-10(8)16)23-14-17-12-11(18(14)2)13(21)20(4)15(22)19(12)3/h5-7H,1-4H3. The summed E-state index contributed by atoms with van der Waals surface area (Å²) in [6.45, 7) is 1.86. The highest BCUT2D eigenvalue weighted by Crippen LogP contribution is 2.26. The van der Waals surface area contributed by atoms with E-state index < -0.39 is 11.2 Å². The van der Waals surface area contributed by atoms with Crippen molar-refractivity contribution in [3.05, 3.63) is 49.6 Å². The SMILES string of the molecule is Cc1cc(Oc2nc3c(c(=O)n(C)c(=O)n3C)n2C)ccc1Cl. The minimum Gasteiger partial charge on any atom is -0.425 e. The second kappa shape index (κ2) is 5.27. The molecule has 0 amide bonds. The zero-order valence-corrected chi connectivity index (χ0v) is 13.9. The van der Waals surface area contributed by atoms with Crippen LogP contribution in [-0.2, 0) is 21.1 Å². The molecule has 0 aliphatic carbocycles. The van der Waals surface area contributed by atoms with Crippen molar-refractivity contribution in [1.29, 1.82) is 0 Å². The molecule has 0 radical (unpaired) electrons. The first-order chi connectivity index (χ1) is 10.8. The molecule has 3 rings (SSSR count). The first-order valence-electron chi connectivity index (χ1n) is 6.87. The zero-order chi connectivity index (χ0) is 16.9. The maximum atomic E-state index is 12.3. The molecule has 120 valence electrons. The van der Waals surface area contributed by atoms with E-state index in [1.807, 2.05) is 6.92 Å². The summed E-state index contributed by atoms with van der Waals surface area (Å²) in [5.74, 6) is 0.548. The monoisotopic (exact) mass is 334 g/mol. The number of halogens is 1. The Balaban J connectivity index is 2.20. The molecule has 0 aliphatic heterocycles. The molecule has 23 heavy (non-hydrogen) atoms. The predicted octanol–water partition coefficient (Wildman–Crippen LogP) is 1.72. The van der Waals surface area contributed by atoms with E-state index in [2.05, 4.69) is 4.98 Å². The summed E-state index contributed by atoms with van der Waals surface area (Å²) in [6, 6.07) is 5.44. The van der Waals surface area contributed by atoms with E-state index in [-0.39, 0.29) is 11.7 Å². The van der Waals surface area contributed by atoms with Gasteiger partial charge in [-0.25, -0.2) is 4.79 Å². The molecular weight excluding hydrogens is 320 g/mol. The average molecular weight is 335 g/mol. The number of benzene rings is 1. The summed E-state index contributed by atoms with van der Waals surface area (Å²) in [5.41, 5.74) is 0.595. The second-order valence-electron chi connectivity index (χ2n) is 5.34. The van der Waals surface area contributed by atoms with Crippen LogP contribution in [0.5, 0.6) is 11.8 Å². The minimum atomic E-state index is -0.436. The molecule has 0 bridgehead atoms. The van der Waals surface area contributed by atoms with Crippen molar-refractivity contribution in [2.75, 3.05) is 0 Å². The second-order valence-corrected chi connectivity index (χ2v) is 5.75. The van der Waals surface area contributed by atoms with Gasteiger partial charge in [-0.15, -0.1) is 0 Å². The van der Waals surface area contributed by atoms with Crippen molar-refractivity contribution in [2.24, 2.45) is 21.1 Å². The van der Waals surface area contributed by atoms with Gasteiger partial charge in [0.1, 0.15) is 5.75 Å². The van der Waals surface area contributed by atoms with Gasteiger partial charge in [0, 0.05) is 26.2 Å². The van der Waals surface area contributed by atoms with Crippen LogP contribution in [0.4, 0.5) is 0 Å². The Bertz CT molecular complexity index is 1050. The minimum absolute atomic E-state index is 0.222. The summed E-state index contributed by atoms with van der Waals surface area (Å²) in [7, 11) is 4.66. The quantitative estimate of drug-likeness (QED) is 0.715. The van der Waals surface area contributed by atoms with Crippen LogP contribution in [0, 0.1) is 6.92 Å². The molecule has 0 atom stereocenters. The van der Waals surface area contributed by atoms with E-state index in [0.29, 0.717) is 16.3 Å². The van der Waals surface area contributed by atoms with E-state index in [0.717, 1.165) is 10.1 Å². The molecule has 2 heterocycles. The summed E-state index contributed by atoms with van der Waals surface area (Å²) < 4.78 is 9.64. The van der Waals surface area contributed by atoms with Crippen LogP contribution in [0.3, 0.4) is 0 Å². The molecule has 0 fully saturated rings. The number of hydrogen-bond acceptors (Lipinski definition) is 4. The summed E-state index contributed by atoms with van der Waals surface area (Å²) in [4.78, 5) is 28.6. The van der Waals surface area contributed by atoms with Gasteiger partial charge >= 0.3 is 11.7 Å². The van der Waals surface area contributed by atoms with Crippen molar-refractivity contribution < 1.29 is 4.74 Å². The van der Waals surface area contributed by atoms with Crippen LogP contribution < -0.4 is 16.0 Å². The Morgan fingerprint density at radius 1 is 1.09 bits per heavy atom. The normalized spacial score (nSPS) is 11.2. The summed E-state index contributed by atoms with van der Waals surface area (Å²) >= 11 is 6.00. The van der Waals surface area contributed by atoms with E-state index in [1.54, 1.807) is 32.3 Å². The third-order valence-electron chi connectivity index (χ3n) is 3.77. The van der Waals surface area contributed by atoms with Gasteiger partial charge in [0.15, 0.2) is 11.2 Å². The Morgan fingerprint density at radius 3 is 2.43 bits per heavy atom. The predicted molar refractivity (Wildman–Crippen MR) is 87.5 cm³/mol. The van der Waals surface area contributed by atoms with E-state index >= 15 is 0 Å². The smallest absolute Gasteiger partial charge is 0.332 e. The zero-order valence-electron chi connectivity index (χ0n) is 13.1. The maximum absolute atomic E-state index is 12.3. The van der Waals surface area contributed by atoms with Crippen molar-refractivity contribution in [3.8, 4) is 11.8 Å². The average Bonchev–Trinajstić information content (AvgIpc) is 2.84. The molecule has 1 aromatic carbocycles. The molecular formula is C15H15ClN4O3. The fourth-order valence-electron chi connectivity index (χ4n) is 2.38. The molecule has 2 aromatic heterocycles. The number of aryl methyl sites for hydroxylation is 3. The number of imidazole rings is 1. The lowest BCUT2D eigenvalue weighted by molar-refractivity contribution is 0.427. The van der Waals surface area contributed by atoms with Gasteiger partial charge in [-0.05, 0) is 30.7 Å². The third kappa shape index (κ3) is 2.33. The molecule has 0 unspecified atom stereocenters. The lowest BCUT2D eigenvalue weighted by Gasteiger charge is -2.06. The van der Waals surface area contributed by atoms with Gasteiger partial charge in [0.05, 0.1) is 0 Å². The first-order valence-corrected chi connectivity index (χ1v) is 7.25. The molecule has 0 N–H and O–H groups in total. The number of rotatable bonds is 2. The highest BCUT2D eigenvalue weighted by molar-refractivity contribution is 6.31. The Kier molecular flexibility index (Phi) is 3.52. The summed E-state index contributed by atoms with van der Waals surface area (Å²) in [5, 5.41) is 0.638. The van der Waals surface area contributed by atoms with Gasteiger partial charge in [-0.1, -0.05) is 11.6 Å².